The molecule has 11 nitrogen and oxygen atoms in total. The van der Waals surface area contributed by atoms with E-state index >= 15 is 0 Å². The molecule has 34 heavy (non-hydrogen) atoms. The van der Waals surface area contributed by atoms with Gasteiger partial charge in [0.1, 0.15) is 0 Å². The predicted molar refractivity (Wildman–Crippen MR) is 121 cm³/mol. The summed E-state index contributed by atoms with van der Waals surface area (Å²) in [6.45, 7) is 1.70. The van der Waals surface area contributed by atoms with Crippen LogP contribution in [0, 0.1) is 0 Å². The molecule has 0 radical (unpaired) electrons. The summed E-state index contributed by atoms with van der Waals surface area (Å²) in [5.74, 6) is -2.71. The van der Waals surface area contributed by atoms with Gasteiger partial charge in [-0.1, -0.05) is 30.7 Å². The van der Waals surface area contributed by atoms with Crippen LogP contribution in [0.15, 0.2) is 12.2 Å². The summed E-state index contributed by atoms with van der Waals surface area (Å²) in [5.41, 5.74) is 0. The van der Waals surface area contributed by atoms with Gasteiger partial charge in [-0.3, -0.25) is 14.4 Å². The Kier molecular flexibility index (Phi) is 16.6. The third kappa shape index (κ3) is 14.0. The van der Waals surface area contributed by atoms with E-state index in [0.717, 1.165) is 63.5 Å². The number of hydroxylamine groups is 2. The van der Waals surface area contributed by atoms with Gasteiger partial charge in [-0.25, -0.2) is 4.79 Å². The number of carbonyl (C=O) groups is 4. The molecule has 0 aliphatic carbocycles. The third-order valence-electron chi connectivity index (χ3n) is 4.93. The van der Waals surface area contributed by atoms with Crippen LogP contribution in [0.5, 0.6) is 0 Å². The summed E-state index contributed by atoms with van der Waals surface area (Å²) in [5, 5.41) is 20.7. The van der Waals surface area contributed by atoms with E-state index in [4.69, 9.17) is 19.7 Å². The number of nitrogens with one attached hydrogen (secondary N) is 1. The molecular weight excluding hydrogens is 448 g/mol. The van der Waals surface area contributed by atoms with Crippen molar-refractivity contribution in [3.8, 4) is 0 Å². The van der Waals surface area contributed by atoms with Crippen LogP contribution in [0.3, 0.4) is 0 Å². The van der Waals surface area contributed by atoms with Crippen molar-refractivity contribution in [2.75, 3.05) is 33.0 Å². The molecule has 0 fully saturated rings. The number of carbonyl (C=O) groups excluding carboxylic acids is 4. The standard InChI is InChI=1S/C23H38N2O9/c26-15-5-1-3-7-17-32-23(33-18-8-4-2-6-16-27)13-14-24-19(28)9-12-22(31)34-25-20(29)10-11-21(25)30/h10-11,23,26-27H,1-9,12-18H2,(H,24,28). The first-order valence-corrected chi connectivity index (χ1v) is 12.0. The van der Waals surface area contributed by atoms with E-state index in [1.807, 2.05) is 0 Å². The first kappa shape index (κ1) is 29.7. The fraction of sp³-hybridized carbons (Fsp3) is 0.739. The molecule has 0 aromatic carbocycles. The van der Waals surface area contributed by atoms with Crippen LogP contribution >= 0.6 is 0 Å². The highest BCUT2D eigenvalue weighted by molar-refractivity contribution is 6.12. The van der Waals surface area contributed by atoms with Crippen molar-refractivity contribution in [3.05, 3.63) is 12.2 Å². The second-order valence-corrected chi connectivity index (χ2v) is 7.85. The molecular formula is C23H38N2O9. The summed E-state index contributed by atoms with van der Waals surface area (Å²) in [6, 6.07) is 0. The lowest BCUT2D eigenvalue weighted by atomic mass is 10.2. The van der Waals surface area contributed by atoms with E-state index in [9.17, 15) is 19.2 Å². The Balaban J connectivity index is 2.25. The zero-order chi connectivity index (χ0) is 25.0. The maximum absolute atomic E-state index is 12.0. The van der Waals surface area contributed by atoms with Crippen molar-refractivity contribution >= 4 is 23.7 Å². The predicted octanol–water partition coefficient (Wildman–Crippen LogP) is 1.12. The highest BCUT2D eigenvalue weighted by Gasteiger charge is 2.27. The number of imide groups is 1. The van der Waals surface area contributed by atoms with Crippen molar-refractivity contribution in [3.63, 3.8) is 0 Å². The zero-order valence-electron chi connectivity index (χ0n) is 19.7. The number of hydrogen-bond acceptors (Lipinski definition) is 9. The number of unbranched alkanes of at least 4 members (excludes halogenated alkanes) is 6. The molecule has 1 aliphatic rings. The normalized spacial score (nSPS) is 13.2. The minimum atomic E-state index is -0.854. The minimum Gasteiger partial charge on any atom is -0.396 e. The van der Waals surface area contributed by atoms with Crippen LogP contribution in [-0.2, 0) is 33.5 Å². The topological polar surface area (TPSA) is 152 Å². The molecule has 11 heteroatoms. The molecule has 0 unspecified atom stereocenters. The largest absolute Gasteiger partial charge is 0.396 e. The maximum atomic E-state index is 12.0. The molecule has 0 saturated heterocycles. The minimum absolute atomic E-state index is 0.148. The van der Waals surface area contributed by atoms with E-state index < -0.39 is 24.1 Å². The van der Waals surface area contributed by atoms with Crippen LogP contribution in [-0.4, -0.2) is 78.2 Å². The van der Waals surface area contributed by atoms with Crippen LogP contribution in [0.4, 0.5) is 0 Å². The fourth-order valence-electron chi connectivity index (χ4n) is 3.04. The average Bonchev–Trinajstić information content (AvgIpc) is 3.13. The summed E-state index contributed by atoms with van der Waals surface area (Å²) in [4.78, 5) is 51.2. The molecule has 0 aromatic heterocycles. The Morgan fingerprint density at radius 3 is 1.88 bits per heavy atom. The van der Waals surface area contributed by atoms with Crippen LogP contribution in [0.25, 0.3) is 0 Å². The lowest BCUT2D eigenvalue weighted by molar-refractivity contribution is -0.196. The average molecular weight is 487 g/mol. The number of ether oxygens (including phenoxy) is 2. The molecule has 1 rings (SSSR count). The van der Waals surface area contributed by atoms with Gasteiger partial charge in [0.2, 0.25) is 5.91 Å². The van der Waals surface area contributed by atoms with Crippen molar-refractivity contribution in [2.45, 2.75) is 76.9 Å². The fourth-order valence-corrected chi connectivity index (χ4v) is 3.04. The van der Waals surface area contributed by atoms with E-state index in [1.54, 1.807) is 0 Å². The Morgan fingerprint density at radius 2 is 1.35 bits per heavy atom. The van der Waals surface area contributed by atoms with E-state index in [0.29, 0.717) is 31.2 Å². The molecule has 3 amide bonds. The molecule has 194 valence electrons. The van der Waals surface area contributed by atoms with Gasteiger partial charge in [0, 0.05) is 58.0 Å². The van der Waals surface area contributed by atoms with Gasteiger partial charge >= 0.3 is 5.97 Å². The van der Waals surface area contributed by atoms with E-state index in [2.05, 4.69) is 10.2 Å². The number of hydrogen-bond donors (Lipinski definition) is 3. The Bertz CT molecular complexity index is 620. The number of rotatable bonds is 21. The van der Waals surface area contributed by atoms with Crippen LogP contribution in [0.2, 0.25) is 0 Å². The number of nitrogens with zero attached hydrogens (tertiary/aromatic N) is 1. The van der Waals surface area contributed by atoms with Crippen molar-refractivity contribution < 1.29 is 43.7 Å². The third-order valence-corrected chi connectivity index (χ3v) is 4.93. The maximum Gasteiger partial charge on any atom is 0.333 e. The molecule has 0 bridgehead atoms. The quantitative estimate of drug-likeness (QED) is 0.123. The van der Waals surface area contributed by atoms with Gasteiger partial charge in [-0.05, 0) is 25.7 Å². The van der Waals surface area contributed by atoms with Crippen LogP contribution in [0.1, 0.15) is 70.6 Å². The summed E-state index contributed by atoms with van der Waals surface area (Å²) < 4.78 is 11.6. The lowest BCUT2D eigenvalue weighted by Crippen LogP contribution is -2.33. The first-order valence-electron chi connectivity index (χ1n) is 12.0. The van der Waals surface area contributed by atoms with Crippen molar-refractivity contribution in [1.29, 1.82) is 0 Å². The molecule has 0 spiro atoms. The molecule has 0 atom stereocenters. The molecule has 0 aromatic rings. The number of aliphatic hydroxyl groups is 2. The highest BCUT2D eigenvalue weighted by Crippen LogP contribution is 2.09. The molecule has 1 aliphatic heterocycles. The van der Waals surface area contributed by atoms with Gasteiger partial charge in [0.15, 0.2) is 6.29 Å². The van der Waals surface area contributed by atoms with Crippen molar-refractivity contribution in [1.82, 2.24) is 10.4 Å². The molecule has 1 heterocycles. The zero-order valence-corrected chi connectivity index (χ0v) is 19.7. The van der Waals surface area contributed by atoms with Gasteiger partial charge in [0.05, 0.1) is 6.42 Å². The van der Waals surface area contributed by atoms with Crippen LogP contribution < -0.4 is 5.32 Å². The second-order valence-electron chi connectivity index (χ2n) is 7.85. The Morgan fingerprint density at radius 1 is 0.824 bits per heavy atom. The molecule has 0 saturated carbocycles. The highest BCUT2D eigenvalue weighted by atomic mass is 16.7. The number of amides is 3. The SMILES string of the molecule is O=C(CCC(=O)ON1C(=O)C=CC1=O)NCCC(OCCCCCCO)OCCCCCCO. The van der Waals surface area contributed by atoms with Gasteiger partial charge < -0.3 is 29.8 Å². The Labute approximate surface area is 200 Å². The lowest BCUT2D eigenvalue weighted by Gasteiger charge is -2.19. The van der Waals surface area contributed by atoms with Gasteiger partial charge in [-0.2, -0.15) is 0 Å². The van der Waals surface area contributed by atoms with Gasteiger partial charge in [0.25, 0.3) is 11.8 Å². The first-order chi connectivity index (χ1) is 16.5. The smallest absolute Gasteiger partial charge is 0.333 e. The Hall–Kier alpha value is -2.34. The van der Waals surface area contributed by atoms with E-state index in [1.165, 1.54) is 0 Å². The summed E-state index contributed by atoms with van der Waals surface area (Å²) in [6.07, 6.45) is 8.54. The van der Waals surface area contributed by atoms with Crippen molar-refractivity contribution in [2.24, 2.45) is 0 Å². The monoisotopic (exact) mass is 486 g/mol. The second kappa shape index (κ2) is 19.0. The van der Waals surface area contributed by atoms with E-state index in [-0.39, 0.29) is 32.0 Å². The number of aliphatic hydroxyl groups excluding tert-OH is 2. The summed E-state index contributed by atoms with van der Waals surface area (Å²) in [7, 11) is 0. The summed E-state index contributed by atoms with van der Waals surface area (Å²) >= 11 is 0. The molecule has 3 N–H and O–H groups in total. The van der Waals surface area contributed by atoms with Gasteiger partial charge in [-0.15, -0.1) is 0 Å².